The molecule has 0 aliphatic carbocycles. The summed E-state index contributed by atoms with van der Waals surface area (Å²) < 4.78 is 24.0. The molecule has 98 valence electrons. The molecular formula is C11H10Cl2O4S. The van der Waals surface area contributed by atoms with Crippen LogP contribution in [0, 0.1) is 6.92 Å². The summed E-state index contributed by atoms with van der Waals surface area (Å²) in [6, 6.07) is 3.90. The van der Waals surface area contributed by atoms with Crippen molar-refractivity contribution in [1.82, 2.24) is 0 Å². The fraction of sp³-hybridized carbons (Fsp3) is 0.182. The molecule has 0 heterocycles. The zero-order valence-corrected chi connectivity index (χ0v) is 11.7. The van der Waals surface area contributed by atoms with Crippen molar-refractivity contribution in [2.45, 2.75) is 11.8 Å². The molecule has 0 aliphatic rings. The smallest absolute Gasteiger partial charge is 0.335 e. The van der Waals surface area contributed by atoms with Gasteiger partial charge in [-0.3, -0.25) is 0 Å². The van der Waals surface area contributed by atoms with Crippen LogP contribution in [-0.2, 0) is 9.84 Å². The van der Waals surface area contributed by atoms with Gasteiger partial charge in [-0.15, -0.1) is 0 Å². The van der Waals surface area contributed by atoms with Crippen LogP contribution < -0.4 is 0 Å². The van der Waals surface area contributed by atoms with Gasteiger partial charge in [-0.05, 0) is 24.6 Å². The van der Waals surface area contributed by atoms with Gasteiger partial charge in [0.2, 0.25) is 0 Å². The maximum absolute atomic E-state index is 12.0. The van der Waals surface area contributed by atoms with E-state index in [2.05, 4.69) is 0 Å². The van der Waals surface area contributed by atoms with Gasteiger partial charge in [0, 0.05) is 10.6 Å². The number of aromatic carboxylic acids is 1. The van der Waals surface area contributed by atoms with Gasteiger partial charge < -0.3 is 5.11 Å². The first-order valence-corrected chi connectivity index (χ1v) is 7.26. The van der Waals surface area contributed by atoms with E-state index in [0.717, 1.165) is 11.6 Å². The molecule has 1 aromatic carbocycles. The highest BCUT2D eigenvalue weighted by atomic mass is 35.5. The van der Waals surface area contributed by atoms with Crippen molar-refractivity contribution in [2.75, 3.05) is 5.75 Å². The number of hydrogen-bond acceptors (Lipinski definition) is 3. The van der Waals surface area contributed by atoms with Crippen LogP contribution in [0.2, 0.25) is 0 Å². The third-order valence-corrected chi connectivity index (χ3v) is 4.79. The highest BCUT2D eigenvalue weighted by molar-refractivity contribution is 7.91. The second-order valence-corrected chi connectivity index (χ2v) is 6.26. The number of carboxylic acids is 1. The molecule has 0 fully saturated rings. The Kier molecular flexibility index (Phi) is 4.78. The van der Waals surface area contributed by atoms with Crippen molar-refractivity contribution in [2.24, 2.45) is 0 Å². The first kappa shape index (κ1) is 15.0. The fourth-order valence-electron chi connectivity index (χ4n) is 1.36. The lowest BCUT2D eigenvalue weighted by molar-refractivity contribution is 0.0696. The number of hydrogen-bond donors (Lipinski definition) is 1. The van der Waals surface area contributed by atoms with E-state index in [1.807, 2.05) is 0 Å². The van der Waals surface area contributed by atoms with Gasteiger partial charge in [-0.25, -0.2) is 13.2 Å². The minimum Gasteiger partial charge on any atom is -0.478 e. The van der Waals surface area contributed by atoms with Crippen molar-refractivity contribution >= 4 is 39.0 Å². The summed E-state index contributed by atoms with van der Waals surface area (Å²) >= 11 is 10.9. The average molecular weight is 309 g/mol. The predicted molar refractivity (Wildman–Crippen MR) is 70.0 cm³/mol. The minimum absolute atomic E-state index is 0.0307. The molecule has 7 heteroatoms. The van der Waals surface area contributed by atoms with Crippen LogP contribution in [0.3, 0.4) is 0 Å². The van der Waals surface area contributed by atoms with E-state index in [-0.39, 0.29) is 15.5 Å². The Morgan fingerprint density at radius 1 is 1.44 bits per heavy atom. The van der Waals surface area contributed by atoms with Crippen molar-refractivity contribution < 1.29 is 18.3 Å². The third-order valence-electron chi connectivity index (χ3n) is 2.22. The summed E-state index contributed by atoms with van der Waals surface area (Å²) in [6.07, 6.45) is 0. The van der Waals surface area contributed by atoms with Crippen molar-refractivity contribution in [1.29, 1.82) is 0 Å². The summed E-state index contributed by atoms with van der Waals surface area (Å²) in [6.45, 7) is 1.58. The number of benzene rings is 1. The molecule has 1 aromatic rings. The molecule has 0 aromatic heterocycles. The zero-order chi connectivity index (χ0) is 13.9. The number of carbonyl (C=O) groups is 1. The SMILES string of the molecule is Cc1ccc(C(=O)O)cc1S(=O)(=O)CC(Cl)=CCl. The van der Waals surface area contributed by atoms with Gasteiger partial charge in [0.05, 0.1) is 16.2 Å². The normalized spacial score (nSPS) is 12.5. The molecule has 0 atom stereocenters. The Morgan fingerprint density at radius 3 is 2.56 bits per heavy atom. The van der Waals surface area contributed by atoms with Gasteiger partial charge in [0.1, 0.15) is 0 Å². The van der Waals surface area contributed by atoms with Gasteiger partial charge >= 0.3 is 5.97 Å². The van der Waals surface area contributed by atoms with Crippen molar-refractivity contribution in [3.05, 3.63) is 39.9 Å². The first-order valence-electron chi connectivity index (χ1n) is 4.79. The van der Waals surface area contributed by atoms with Crippen molar-refractivity contribution in [3.8, 4) is 0 Å². The van der Waals surface area contributed by atoms with Gasteiger partial charge in [-0.1, -0.05) is 29.3 Å². The van der Waals surface area contributed by atoms with Crippen LogP contribution in [0.5, 0.6) is 0 Å². The van der Waals surface area contributed by atoms with Crippen LogP contribution in [-0.4, -0.2) is 25.2 Å². The number of sulfone groups is 1. The summed E-state index contributed by atoms with van der Waals surface area (Å²) in [5.74, 6) is -1.65. The van der Waals surface area contributed by atoms with E-state index in [0.29, 0.717) is 5.56 Å². The van der Waals surface area contributed by atoms with Crippen molar-refractivity contribution in [3.63, 3.8) is 0 Å². The summed E-state index contributed by atoms with van der Waals surface area (Å²) in [5.41, 5.74) is 1.33. The lowest BCUT2D eigenvalue weighted by Gasteiger charge is -2.08. The Balaban J connectivity index is 3.32. The van der Waals surface area contributed by atoms with Crippen LogP contribution in [0.25, 0.3) is 0 Å². The van der Waals surface area contributed by atoms with Crippen LogP contribution >= 0.6 is 23.2 Å². The van der Waals surface area contributed by atoms with Crippen LogP contribution in [0.15, 0.2) is 33.7 Å². The quantitative estimate of drug-likeness (QED) is 0.928. The van der Waals surface area contributed by atoms with Gasteiger partial charge in [0.15, 0.2) is 9.84 Å². The Bertz CT molecular complexity index is 605. The third kappa shape index (κ3) is 3.48. The lowest BCUT2D eigenvalue weighted by atomic mass is 10.1. The lowest BCUT2D eigenvalue weighted by Crippen LogP contribution is -2.10. The van der Waals surface area contributed by atoms with E-state index in [4.69, 9.17) is 28.3 Å². The molecule has 0 saturated carbocycles. The number of carboxylic acid groups (broad SMARTS) is 1. The van der Waals surface area contributed by atoms with E-state index in [9.17, 15) is 13.2 Å². The molecule has 1 N–H and O–H groups in total. The second-order valence-electron chi connectivity index (χ2n) is 3.60. The van der Waals surface area contributed by atoms with Gasteiger partial charge in [0.25, 0.3) is 0 Å². The standard InChI is InChI=1S/C11H10Cl2O4S/c1-7-2-3-8(11(14)15)4-10(7)18(16,17)6-9(13)5-12/h2-5H,6H2,1H3,(H,14,15). The molecule has 0 spiro atoms. The number of rotatable bonds is 4. The predicted octanol–water partition coefficient (Wildman–Crippen LogP) is 2.79. The average Bonchev–Trinajstić information content (AvgIpc) is 2.28. The molecular weight excluding hydrogens is 299 g/mol. The summed E-state index contributed by atoms with van der Waals surface area (Å²) in [7, 11) is -3.71. The van der Waals surface area contributed by atoms with Crippen LogP contribution in [0.4, 0.5) is 0 Å². The zero-order valence-electron chi connectivity index (χ0n) is 9.35. The topological polar surface area (TPSA) is 71.4 Å². The molecule has 0 saturated heterocycles. The molecule has 18 heavy (non-hydrogen) atoms. The number of halogens is 2. The summed E-state index contributed by atoms with van der Waals surface area (Å²) in [5, 5.41) is 8.81. The van der Waals surface area contributed by atoms with E-state index in [1.165, 1.54) is 12.1 Å². The van der Waals surface area contributed by atoms with Gasteiger partial charge in [-0.2, -0.15) is 0 Å². The largest absolute Gasteiger partial charge is 0.478 e. The molecule has 0 radical (unpaired) electrons. The molecule has 0 bridgehead atoms. The molecule has 1 rings (SSSR count). The Hall–Kier alpha value is -1.04. The monoisotopic (exact) mass is 308 g/mol. The molecule has 0 amide bonds. The Labute approximate surface area is 115 Å². The summed E-state index contributed by atoms with van der Waals surface area (Å²) in [4.78, 5) is 10.8. The maximum atomic E-state index is 12.0. The molecule has 0 aliphatic heterocycles. The van der Waals surface area contributed by atoms with E-state index >= 15 is 0 Å². The molecule has 0 unspecified atom stereocenters. The maximum Gasteiger partial charge on any atom is 0.335 e. The molecule has 4 nitrogen and oxygen atoms in total. The van der Waals surface area contributed by atoms with E-state index < -0.39 is 21.6 Å². The minimum atomic E-state index is -3.71. The van der Waals surface area contributed by atoms with E-state index in [1.54, 1.807) is 6.92 Å². The van der Waals surface area contributed by atoms with Crippen LogP contribution in [0.1, 0.15) is 15.9 Å². The highest BCUT2D eigenvalue weighted by Crippen LogP contribution is 2.21. The fourth-order valence-corrected chi connectivity index (χ4v) is 3.43. The second kappa shape index (κ2) is 5.73. The highest BCUT2D eigenvalue weighted by Gasteiger charge is 2.20. The Morgan fingerprint density at radius 2 is 2.06 bits per heavy atom. The first-order chi connectivity index (χ1) is 8.27. The number of aryl methyl sites for hydroxylation is 1.